The first kappa shape index (κ1) is 18.6. The van der Waals surface area contributed by atoms with Crippen molar-refractivity contribution in [3.63, 3.8) is 0 Å². The van der Waals surface area contributed by atoms with E-state index in [0.29, 0.717) is 33.8 Å². The highest BCUT2D eigenvalue weighted by molar-refractivity contribution is 5.89. The van der Waals surface area contributed by atoms with E-state index in [9.17, 15) is 13.2 Å². The molecule has 0 bridgehead atoms. The van der Waals surface area contributed by atoms with E-state index in [0.717, 1.165) is 12.1 Å². The number of aromatic nitrogens is 3. The van der Waals surface area contributed by atoms with Crippen molar-refractivity contribution in [2.45, 2.75) is 26.1 Å². The number of hydrogen-bond acceptors (Lipinski definition) is 5. The fourth-order valence-electron chi connectivity index (χ4n) is 2.76. The first-order valence-corrected chi connectivity index (χ1v) is 8.18. The molecule has 0 spiro atoms. The lowest BCUT2D eigenvalue weighted by molar-refractivity contribution is -0.137. The van der Waals surface area contributed by atoms with Crippen LogP contribution < -0.4 is 11.1 Å². The minimum atomic E-state index is -4.47. The Balaban J connectivity index is 2.02. The van der Waals surface area contributed by atoms with Crippen LogP contribution in [-0.4, -0.2) is 15.0 Å². The fraction of sp³-hybridized carbons (Fsp3) is 0.211. The smallest absolute Gasteiger partial charge is 0.399 e. The predicted molar refractivity (Wildman–Crippen MR) is 100 cm³/mol. The van der Waals surface area contributed by atoms with Crippen LogP contribution in [0.1, 0.15) is 35.6 Å². The number of aryl methyl sites for hydroxylation is 1. The van der Waals surface area contributed by atoms with Gasteiger partial charge in [0.15, 0.2) is 0 Å². The summed E-state index contributed by atoms with van der Waals surface area (Å²) in [6.45, 7) is 7.17. The number of benzene rings is 1. The van der Waals surface area contributed by atoms with Crippen molar-refractivity contribution in [3.8, 4) is 0 Å². The summed E-state index contributed by atoms with van der Waals surface area (Å²) in [5.74, 6) is 1.03. The average Bonchev–Trinajstić information content (AvgIpc) is 2.60. The number of nitrogens with two attached hydrogens (primary N) is 1. The lowest BCUT2D eigenvalue weighted by atomic mass is 10.0. The van der Waals surface area contributed by atoms with Gasteiger partial charge in [-0.05, 0) is 49.8 Å². The van der Waals surface area contributed by atoms with Gasteiger partial charge in [-0.3, -0.25) is 4.98 Å². The molecule has 0 aliphatic heterocycles. The summed E-state index contributed by atoms with van der Waals surface area (Å²) in [6.07, 6.45) is -1.26. The normalized spacial score (nSPS) is 12.8. The molecular weight excluding hydrogens is 355 g/mol. The third kappa shape index (κ3) is 3.99. The molecule has 3 aromatic rings. The van der Waals surface area contributed by atoms with Gasteiger partial charge in [0.1, 0.15) is 11.6 Å². The zero-order chi connectivity index (χ0) is 19.8. The van der Waals surface area contributed by atoms with Crippen LogP contribution in [0.4, 0.5) is 24.7 Å². The van der Waals surface area contributed by atoms with Crippen molar-refractivity contribution in [2.24, 2.45) is 0 Å². The predicted octanol–water partition coefficient (Wildman–Crippen LogP) is 4.75. The molecule has 0 radical (unpaired) electrons. The number of pyridine rings is 1. The van der Waals surface area contributed by atoms with E-state index in [2.05, 4.69) is 26.8 Å². The summed E-state index contributed by atoms with van der Waals surface area (Å²) in [6, 6.07) is 4.83. The van der Waals surface area contributed by atoms with E-state index in [4.69, 9.17) is 5.73 Å². The first-order valence-electron chi connectivity index (χ1n) is 8.18. The molecule has 0 aliphatic rings. The number of rotatable bonds is 4. The van der Waals surface area contributed by atoms with Crippen LogP contribution in [-0.2, 0) is 6.18 Å². The van der Waals surface area contributed by atoms with E-state index in [1.165, 1.54) is 6.07 Å². The molecule has 0 amide bonds. The summed E-state index contributed by atoms with van der Waals surface area (Å²) in [4.78, 5) is 13.0. The molecule has 27 heavy (non-hydrogen) atoms. The van der Waals surface area contributed by atoms with Crippen molar-refractivity contribution in [3.05, 3.63) is 59.7 Å². The Hall–Kier alpha value is -3.16. The number of hydrogen-bond donors (Lipinski definition) is 2. The molecule has 1 atom stereocenters. The maximum Gasteiger partial charge on any atom is 0.416 e. The third-order valence-corrected chi connectivity index (χ3v) is 4.08. The monoisotopic (exact) mass is 373 g/mol. The van der Waals surface area contributed by atoms with Crippen LogP contribution >= 0.6 is 0 Å². The maximum atomic E-state index is 13.1. The number of anilines is 2. The zero-order valence-corrected chi connectivity index (χ0v) is 14.8. The number of alkyl halides is 3. The largest absolute Gasteiger partial charge is 0.416 e. The maximum absolute atomic E-state index is 13.1. The lowest BCUT2D eigenvalue weighted by Crippen LogP contribution is -2.13. The Morgan fingerprint density at radius 2 is 1.93 bits per heavy atom. The molecule has 3 N–H and O–H groups in total. The van der Waals surface area contributed by atoms with Crippen molar-refractivity contribution in [1.82, 2.24) is 15.0 Å². The Kier molecular flexibility index (Phi) is 4.73. The molecule has 0 aliphatic carbocycles. The van der Waals surface area contributed by atoms with Crippen LogP contribution in [0.2, 0.25) is 0 Å². The first-order chi connectivity index (χ1) is 12.7. The van der Waals surface area contributed by atoms with Gasteiger partial charge in [0, 0.05) is 11.1 Å². The highest BCUT2D eigenvalue weighted by atomic mass is 19.4. The van der Waals surface area contributed by atoms with E-state index >= 15 is 0 Å². The van der Waals surface area contributed by atoms with Crippen LogP contribution in [0.3, 0.4) is 0 Å². The number of fused-ring (bicyclic) bond motifs is 1. The van der Waals surface area contributed by atoms with Crippen molar-refractivity contribution >= 4 is 28.5 Å². The van der Waals surface area contributed by atoms with Gasteiger partial charge in [-0.15, -0.1) is 0 Å². The highest BCUT2D eigenvalue weighted by Crippen LogP contribution is 2.33. The standard InChI is InChI=1S/C19H18F3N5/c1-4-15-8-16-17(9-24-15)26-11(3)27-18(16)25-10(2)12-5-13(19(20,21)22)7-14(23)6-12/h4-10H,1,23H2,2-3H3,(H,25,26,27)/t10-/m1/s1. The summed E-state index contributed by atoms with van der Waals surface area (Å²) in [5, 5.41) is 3.87. The topological polar surface area (TPSA) is 76.7 Å². The molecule has 8 heteroatoms. The molecule has 0 fully saturated rings. The van der Waals surface area contributed by atoms with Crippen molar-refractivity contribution in [1.29, 1.82) is 0 Å². The summed E-state index contributed by atoms with van der Waals surface area (Å²) >= 11 is 0. The summed E-state index contributed by atoms with van der Waals surface area (Å²) in [5.41, 5.74) is 6.62. The minimum absolute atomic E-state index is 0.0512. The van der Waals surface area contributed by atoms with Gasteiger partial charge >= 0.3 is 6.18 Å². The van der Waals surface area contributed by atoms with Crippen LogP contribution in [0.5, 0.6) is 0 Å². The molecule has 3 rings (SSSR count). The second kappa shape index (κ2) is 6.86. The van der Waals surface area contributed by atoms with E-state index < -0.39 is 17.8 Å². The van der Waals surface area contributed by atoms with Crippen LogP contribution in [0, 0.1) is 6.92 Å². The highest BCUT2D eigenvalue weighted by Gasteiger charge is 2.31. The van der Waals surface area contributed by atoms with E-state index in [1.807, 2.05) is 0 Å². The molecule has 2 heterocycles. The quantitative estimate of drug-likeness (QED) is 0.646. The third-order valence-electron chi connectivity index (χ3n) is 4.08. The van der Waals surface area contributed by atoms with Crippen molar-refractivity contribution < 1.29 is 13.2 Å². The van der Waals surface area contributed by atoms with Gasteiger partial charge in [0.05, 0.1) is 29.0 Å². The number of nitrogen functional groups attached to an aromatic ring is 1. The van der Waals surface area contributed by atoms with Gasteiger partial charge in [0.2, 0.25) is 0 Å². The molecule has 5 nitrogen and oxygen atoms in total. The summed E-state index contributed by atoms with van der Waals surface area (Å²) in [7, 11) is 0. The molecule has 1 aromatic carbocycles. The zero-order valence-electron chi connectivity index (χ0n) is 14.8. The van der Waals surface area contributed by atoms with Gasteiger partial charge in [-0.1, -0.05) is 6.58 Å². The molecule has 0 saturated carbocycles. The SMILES string of the molecule is C=Cc1cc2c(N[C@H](C)c3cc(N)cc(C(F)(F)F)c3)nc(C)nc2cn1. The Morgan fingerprint density at radius 1 is 1.19 bits per heavy atom. The molecule has 0 saturated heterocycles. The Morgan fingerprint density at radius 3 is 2.59 bits per heavy atom. The van der Waals surface area contributed by atoms with Crippen LogP contribution in [0.25, 0.3) is 17.0 Å². The van der Waals surface area contributed by atoms with Gasteiger partial charge in [0.25, 0.3) is 0 Å². The molecule has 2 aromatic heterocycles. The van der Waals surface area contributed by atoms with E-state index in [1.54, 1.807) is 32.2 Å². The average molecular weight is 373 g/mol. The number of nitrogens with zero attached hydrogens (tertiary/aromatic N) is 3. The van der Waals surface area contributed by atoms with Crippen LogP contribution in [0.15, 0.2) is 37.0 Å². The van der Waals surface area contributed by atoms with Gasteiger partial charge in [-0.25, -0.2) is 9.97 Å². The number of halogens is 3. The molecule has 0 unspecified atom stereocenters. The van der Waals surface area contributed by atoms with Gasteiger partial charge in [-0.2, -0.15) is 13.2 Å². The van der Waals surface area contributed by atoms with Crippen molar-refractivity contribution in [2.75, 3.05) is 11.1 Å². The summed E-state index contributed by atoms with van der Waals surface area (Å²) < 4.78 is 39.2. The Bertz CT molecular complexity index is 1010. The molecule has 140 valence electrons. The van der Waals surface area contributed by atoms with Gasteiger partial charge < -0.3 is 11.1 Å². The fourth-order valence-corrected chi connectivity index (χ4v) is 2.76. The number of nitrogens with one attached hydrogen (secondary N) is 1. The molecular formula is C19H18F3N5. The minimum Gasteiger partial charge on any atom is -0.399 e. The second-order valence-corrected chi connectivity index (χ2v) is 6.20. The lowest BCUT2D eigenvalue weighted by Gasteiger charge is -2.19. The Labute approximate surface area is 154 Å². The second-order valence-electron chi connectivity index (χ2n) is 6.20. The van der Waals surface area contributed by atoms with E-state index in [-0.39, 0.29) is 5.69 Å².